The zero-order chi connectivity index (χ0) is 6.62. The maximum Gasteiger partial charge on any atom is 0.0275 e. The molecule has 0 heterocycles. The first-order valence-corrected chi connectivity index (χ1v) is 3.38. The van der Waals surface area contributed by atoms with E-state index in [9.17, 15) is 0 Å². The van der Waals surface area contributed by atoms with Crippen molar-refractivity contribution in [3.63, 3.8) is 0 Å². The van der Waals surface area contributed by atoms with Crippen molar-refractivity contribution in [1.82, 2.24) is 4.84 Å². The summed E-state index contributed by atoms with van der Waals surface area (Å²) in [5.41, 5.74) is 0.107. The number of nitrogens with one attached hydrogen (secondary N) is 1. The quantitative estimate of drug-likeness (QED) is 0.586. The van der Waals surface area contributed by atoms with E-state index in [-0.39, 0.29) is 5.54 Å². The summed E-state index contributed by atoms with van der Waals surface area (Å²) in [6.07, 6.45) is 2.29. The van der Waals surface area contributed by atoms with Gasteiger partial charge in [0.2, 0.25) is 0 Å². The Morgan fingerprint density at radius 1 is 1.50 bits per heavy atom. The zero-order valence-corrected chi connectivity index (χ0v) is 6.55. The third-order valence-corrected chi connectivity index (χ3v) is 1.64. The lowest BCUT2D eigenvalue weighted by Crippen LogP contribution is -2.31. The van der Waals surface area contributed by atoms with Gasteiger partial charge in [0, 0.05) is 5.54 Å². The van der Waals surface area contributed by atoms with Crippen LogP contribution >= 0.6 is 11.8 Å². The van der Waals surface area contributed by atoms with E-state index in [0.717, 1.165) is 6.42 Å². The van der Waals surface area contributed by atoms with Crippen LogP contribution in [0.1, 0.15) is 33.6 Å². The van der Waals surface area contributed by atoms with Gasteiger partial charge in [0.25, 0.3) is 0 Å². The smallest absolute Gasteiger partial charge is 0.0275 e. The molecule has 1 N–H and O–H groups in total. The Hall–Kier alpha value is 0.250. The average Bonchev–Trinajstić information content (AvgIpc) is 1.67. The van der Waals surface area contributed by atoms with E-state index in [2.05, 4.69) is 25.6 Å². The Morgan fingerprint density at radius 2 is 2.00 bits per heavy atom. The van der Waals surface area contributed by atoms with Crippen LogP contribution in [-0.2, 0) is 0 Å². The van der Waals surface area contributed by atoms with Crippen LogP contribution in [0.3, 0.4) is 0 Å². The van der Waals surface area contributed by atoms with E-state index in [0.29, 0.717) is 0 Å². The van der Waals surface area contributed by atoms with E-state index in [1.165, 1.54) is 6.42 Å². The largest absolute Gasteiger partial charge is 0.228 e. The Bertz CT molecular complexity index is 61.5. The van der Waals surface area contributed by atoms with Crippen molar-refractivity contribution in [3.8, 4) is 0 Å². The first-order chi connectivity index (χ1) is 3.62. The standard InChI is InChI=1S/C6H14ClN/c1-4-5-6(2,3)8-7/h8H,4-5H2,1-3H3. The molecule has 0 atom stereocenters. The topological polar surface area (TPSA) is 12.0 Å². The molecule has 2 heteroatoms. The van der Waals surface area contributed by atoms with Crippen molar-refractivity contribution in [3.05, 3.63) is 0 Å². The summed E-state index contributed by atoms with van der Waals surface area (Å²) in [5, 5.41) is 0. The molecular formula is C6H14ClN. The molecule has 0 aromatic carbocycles. The van der Waals surface area contributed by atoms with Crippen molar-refractivity contribution in [2.75, 3.05) is 0 Å². The van der Waals surface area contributed by atoms with Crippen molar-refractivity contribution in [2.24, 2.45) is 0 Å². The molecule has 0 unspecified atom stereocenters. The zero-order valence-electron chi connectivity index (χ0n) is 5.79. The van der Waals surface area contributed by atoms with Crippen LogP contribution in [0.2, 0.25) is 0 Å². The van der Waals surface area contributed by atoms with Crippen LogP contribution in [0.4, 0.5) is 0 Å². The summed E-state index contributed by atoms with van der Waals surface area (Å²) in [7, 11) is 0. The fourth-order valence-electron chi connectivity index (χ4n) is 0.672. The Kier molecular flexibility index (Phi) is 3.41. The van der Waals surface area contributed by atoms with E-state index in [1.54, 1.807) is 0 Å². The lowest BCUT2D eigenvalue weighted by molar-refractivity contribution is 0.432. The predicted molar refractivity (Wildman–Crippen MR) is 38.0 cm³/mol. The SMILES string of the molecule is CCCC(C)(C)NCl. The highest BCUT2D eigenvalue weighted by Crippen LogP contribution is 2.10. The summed E-state index contributed by atoms with van der Waals surface area (Å²) >= 11 is 5.42. The van der Waals surface area contributed by atoms with Gasteiger partial charge in [-0.15, -0.1) is 0 Å². The molecule has 0 radical (unpaired) electrons. The molecule has 0 aromatic heterocycles. The fraction of sp³-hybridized carbons (Fsp3) is 1.00. The highest BCUT2D eigenvalue weighted by molar-refractivity contribution is 6.13. The van der Waals surface area contributed by atoms with Gasteiger partial charge in [-0.3, -0.25) is 0 Å². The molecule has 50 valence electrons. The summed E-state index contributed by atoms with van der Waals surface area (Å²) < 4.78 is 0. The first-order valence-electron chi connectivity index (χ1n) is 3.00. The second kappa shape index (κ2) is 3.31. The predicted octanol–water partition coefficient (Wildman–Crippen LogP) is 2.31. The molecule has 0 saturated heterocycles. The van der Waals surface area contributed by atoms with Crippen molar-refractivity contribution in [1.29, 1.82) is 0 Å². The summed E-state index contributed by atoms with van der Waals surface area (Å²) in [4.78, 5) is 2.71. The van der Waals surface area contributed by atoms with Gasteiger partial charge in [-0.2, -0.15) is 0 Å². The molecule has 0 spiro atoms. The molecule has 0 aliphatic carbocycles. The van der Waals surface area contributed by atoms with E-state index in [1.807, 2.05) is 0 Å². The fourth-order valence-corrected chi connectivity index (χ4v) is 0.767. The Balaban J connectivity index is 3.37. The van der Waals surface area contributed by atoms with Crippen molar-refractivity contribution in [2.45, 2.75) is 39.2 Å². The maximum atomic E-state index is 5.42. The molecule has 0 fully saturated rings. The molecule has 0 aliphatic heterocycles. The molecule has 0 aromatic rings. The van der Waals surface area contributed by atoms with Crippen LogP contribution in [0.25, 0.3) is 0 Å². The van der Waals surface area contributed by atoms with Crippen LogP contribution in [-0.4, -0.2) is 5.54 Å². The van der Waals surface area contributed by atoms with Gasteiger partial charge in [-0.05, 0) is 32.0 Å². The van der Waals surface area contributed by atoms with Gasteiger partial charge in [0.1, 0.15) is 0 Å². The number of hydrogen-bond donors (Lipinski definition) is 1. The minimum absolute atomic E-state index is 0.107. The monoisotopic (exact) mass is 135 g/mol. The van der Waals surface area contributed by atoms with E-state index in [4.69, 9.17) is 11.8 Å². The minimum Gasteiger partial charge on any atom is -0.228 e. The first kappa shape index (κ1) is 8.25. The normalized spacial score (nSPS) is 12.0. The van der Waals surface area contributed by atoms with Crippen LogP contribution in [0.15, 0.2) is 0 Å². The van der Waals surface area contributed by atoms with E-state index >= 15 is 0 Å². The van der Waals surface area contributed by atoms with Gasteiger partial charge in [-0.1, -0.05) is 13.3 Å². The maximum absolute atomic E-state index is 5.42. The molecule has 0 bridgehead atoms. The molecule has 1 nitrogen and oxygen atoms in total. The molecule has 0 rings (SSSR count). The lowest BCUT2D eigenvalue weighted by Gasteiger charge is -2.20. The average molecular weight is 136 g/mol. The van der Waals surface area contributed by atoms with Crippen LogP contribution in [0.5, 0.6) is 0 Å². The highest BCUT2D eigenvalue weighted by Gasteiger charge is 2.12. The Labute approximate surface area is 56.5 Å². The molecule has 0 amide bonds. The summed E-state index contributed by atoms with van der Waals surface area (Å²) in [5.74, 6) is 0. The Morgan fingerprint density at radius 3 is 2.12 bits per heavy atom. The van der Waals surface area contributed by atoms with Gasteiger partial charge in [-0.25, -0.2) is 4.84 Å². The van der Waals surface area contributed by atoms with Crippen molar-refractivity contribution < 1.29 is 0 Å². The number of rotatable bonds is 3. The van der Waals surface area contributed by atoms with Gasteiger partial charge >= 0.3 is 0 Å². The van der Waals surface area contributed by atoms with Crippen molar-refractivity contribution >= 4 is 11.8 Å². The molecule has 8 heavy (non-hydrogen) atoms. The summed E-state index contributed by atoms with van der Waals surface area (Å²) in [6.45, 7) is 6.32. The molecule has 0 aliphatic rings. The third-order valence-electron chi connectivity index (χ3n) is 1.13. The second-order valence-electron chi connectivity index (χ2n) is 2.73. The van der Waals surface area contributed by atoms with E-state index < -0.39 is 0 Å². The minimum atomic E-state index is 0.107. The summed E-state index contributed by atoms with van der Waals surface area (Å²) in [6, 6.07) is 0. The molecular weight excluding hydrogens is 122 g/mol. The van der Waals surface area contributed by atoms with Crippen LogP contribution in [0, 0.1) is 0 Å². The second-order valence-corrected chi connectivity index (χ2v) is 2.92. The van der Waals surface area contributed by atoms with Gasteiger partial charge in [0.05, 0.1) is 0 Å². The van der Waals surface area contributed by atoms with Gasteiger partial charge in [0.15, 0.2) is 0 Å². The highest BCUT2D eigenvalue weighted by atomic mass is 35.5. The lowest BCUT2D eigenvalue weighted by atomic mass is 10.0. The number of hydrogen-bond acceptors (Lipinski definition) is 1. The molecule has 0 saturated carbocycles. The number of halogens is 1. The van der Waals surface area contributed by atoms with Crippen LogP contribution < -0.4 is 4.84 Å². The third kappa shape index (κ3) is 3.28. The van der Waals surface area contributed by atoms with Gasteiger partial charge < -0.3 is 0 Å².